The zero-order valence-electron chi connectivity index (χ0n) is 9.25. The Morgan fingerprint density at radius 1 is 1.31 bits per heavy atom. The molecular weight excluding hydrogens is 228 g/mol. The summed E-state index contributed by atoms with van der Waals surface area (Å²) in [5.74, 6) is 0.349. The molecule has 86 valence electrons. The van der Waals surface area contributed by atoms with E-state index in [1.807, 2.05) is 0 Å². The van der Waals surface area contributed by atoms with Crippen molar-refractivity contribution in [1.82, 2.24) is 0 Å². The van der Waals surface area contributed by atoms with Gasteiger partial charge in [-0.3, -0.25) is 4.79 Å². The van der Waals surface area contributed by atoms with E-state index < -0.39 is 0 Å². The molecular formula is C12H13ClO3. The predicted octanol–water partition coefficient (Wildman–Crippen LogP) is 2.90. The number of benzene rings is 1. The molecule has 0 heterocycles. The van der Waals surface area contributed by atoms with E-state index in [0.29, 0.717) is 16.3 Å². The van der Waals surface area contributed by atoms with E-state index in [-0.39, 0.29) is 24.4 Å². The number of carbonyl (C=O) groups is 2. The van der Waals surface area contributed by atoms with Gasteiger partial charge in [-0.25, -0.2) is 0 Å². The summed E-state index contributed by atoms with van der Waals surface area (Å²) in [5.41, 5.74) is 0.427. The zero-order valence-corrected chi connectivity index (χ0v) is 10.0. The van der Waals surface area contributed by atoms with Crippen molar-refractivity contribution in [3.63, 3.8) is 0 Å². The smallest absolute Gasteiger partial charge is 0.167 e. The topological polar surface area (TPSA) is 43.4 Å². The second-order valence-electron chi connectivity index (χ2n) is 3.47. The third-order valence-electron chi connectivity index (χ3n) is 2.17. The highest BCUT2D eigenvalue weighted by Crippen LogP contribution is 2.24. The van der Waals surface area contributed by atoms with E-state index in [0.717, 1.165) is 0 Å². The Bertz CT molecular complexity index is 413. The van der Waals surface area contributed by atoms with Crippen molar-refractivity contribution in [1.29, 1.82) is 0 Å². The molecule has 0 saturated carbocycles. The molecule has 1 aromatic rings. The van der Waals surface area contributed by atoms with Gasteiger partial charge in [-0.1, -0.05) is 11.6 Å². The summed E-state index contributed by atoms with van der Waals surface area (Å²) >= 11 is 5.81. The number of ketones is 2. The van der Waals surface area contributed by atoms with Crippen LogP contribution in [-0.2, 0) is 4.79 Å². The summed E-state index contributed by atoms with van der Waals surface area (Å²) in [5, 5.41) is 0.479. The summed E-state index contributed by atoms with van der Waals surface area (Å²) in [6, 6.07) is 4.86. The molecule has 16 heavy (non-hydrogen) atoms. The van der Waals surface area contributed by atoms with E-state index in [4.69, 9.17) is 16.3 Å². The number of hydrogen-bond donors (Lipinski definition) is 0. The molecule has 0 bridgehead atoms. The standard InChI is InChI=1S/C12H13ClO3/c1-8(14)3-5-11(15)10-7-9(13)4-6-12(10)16-2/h4,6-7H,3,5H2,1-2H3. The Labute approximate surface area is 99.4 Å². The van der Waals surface area contributed by atoms with Crippen molar-refractivity contribution >= 4 is 23.2 Å². The number of ether oxygens (including phenoxy) is 1. The van der Waals surface area contributed by atoms with Gasteiger partial charge in [-0.15, -0.1) is 0 Å². The second-order valence-corrected chi connectivity index (χ2v) is 3.91. The van der Waals surface area contributed by atoms with E-state index in [1.54, 1.807) is 18.2 Å². The van der Waals surface area contributed by atoms with Crippen LogP contribution in [0.2, 0.25) is 5.02 Å². The molecule has 0 aliphatic carbocycles. The molecule has 0 spiro atoms. The highest BCUT2D eigenvalue weighted by atomic mass is 35.5. The molecule has 4 heteroatoms. The monoisotopic (exact) mass is 240 g/mol. The molecule has 0 radical (unpaired) electrons. The van der Waals surface area contributed by atoms with Crippen LogP contribution in [0.4, 0.5) is 0 Å². The summed E-state index contributed by atoms with van der Waals surface area (Å²) in [7, 11) is 1.49. The van der Waals surface area contributed by atoms with Crippen LogP contribution in [0.25, 0.3) is 0 Å². The fraction of sp³-hybridized carbons (Fsp3) is 0.333. The lowest BCUT2D eigenvalue weighted by molar-refractivity contribution is -0.116. The molecule has 0 aromatic heterocycles. The normalized spacial score (nSPS) is 9.94. The van der Waals surface area contributed by atoms with Crippen molar-refractivity contribution in [2.24, 2.45) is 0 Å². The van der Waals surface area contributed by atoms with Crippen LogP contribution in [0.3, 0.4) is 0 Å². The molecule has 3 nitrogen and oxygen atoms in total. The van der Waals surface area contributed by atoms with Crippen LogP contribution in [0.5, 0.6) is 5.75 Å². The lowest BCUT2D eigenvalue weighted by Crippen LogP contribution is -2.04. The average Bonchev–Trinajstić information content (AvgIpc) is 2.25. The molecule has 0 aliphatic rings. The van der Waals surface area contributed by atoms with Gasteiger partial charge in [0.25, 0.3) is 0 Å². The van der Waals surface area contributed by atoms with Gasteiger partial charge >= 0.3 is 0 Å². The van der Waals surface area contributed by atoms with Crippen LogP contribution in [-0.4, -0.2) is 18.7 Å². The van der Waals surface area contributed by atoms with E-state index in [9.17, 15) is 9.59 Å². The predicted molar refractivity (Wildman–Crippen MR) is 62.2 cm³/mol. The summed E-state index contributed by atoms with van der Waals surface area (Å²) < 4.78 is 5.06. The Kier molecular flexibility index (Phi) is 4.50. The van der Waals surface area contributed by atoms with Crippen molar-refractivity contribution in [3.8, 4) is 5.75 Å². The van der Waals surface area contributed by atoms with Crippen LogP contribution in [0.15, 0.2) is 18.2 Å². The average molecular weight is 241 g/mol. The molecule has 0 fully saturated rings. The quantitative estimate of drug-likeness (QED) is 0.744. The van der Waals surface area contributed by atoms with Crippen molar-refractivity contribution in [2.75, 3.05) is 7.11 Å². The Morgan fingerprint density at radius 3 is 2.56 bits per heavy atom. The lowest BCUT2D eigenvalue weighted by Gasteiger charge is -2.07. The van der Waals surface area contributed by atoms with Crippen LogP contribution >= 0.6 is 11.6 Å². The molecule has 1 rings (SSSR count). The maximum atomic E-state index is 11.8. The summed E-state index contributed by atoms with van der Waals surface area (Å²) in [6.45, 7) is 1.46. The number of hydrogen-bond acceptors (Lipinski definition) is 3. The number of rotatable bonds is 5. The highest BCUT2D eigenvalue weighted by Gasteiger charge is 2.13. The van der Waals surface area contributed by atoms with Gasteiger partial charge in [0.2, 0.25) is 0 Å². The maximum absolute atomic E-state index is 11.8. The number of carbonyl (C=O) groups excluding carboxylic acids is 2. The third kappa shape index (κ3) is 3.35. The Morgan fingerprint density at radius 2 is 2.00 bits per heavy atom. The van der Waals surface area contributed by atoms with Gasteiger partial charge in [-0.2, -0.15) is 0 Å². The molecule has 0 atom stereocenters. The molecule has 1 aromatic carbocycles. The van der Waals surface area contributed by atoms with E-state index in [2.05, 4.69) is 0 Å². The highest BCUT2D eigenvalue weighted by molar-refractivity contribution is 6.31. The number of halogens is 1. The van der Waals surface area contributed by atoms with Crippen LogP contribution < -0.4 is 4.74 Å². The lowest BCUT2D eigenvalue weighted by atomic mass is 10.0. The van der Waals surface area contributed by atoms with Gasteiger partial charge in [0.1, 0.15) is 11.5 Å². The Balaban J connectivity index is 2.88. The zero-order chi connectivity index (χ0) is 12.1. The van der Waals surface area contributed by atoms with Gasteiger partial charge in [0, 0.05) is 17.9 Å². The fourth-order valence-corrected chi connectivity index (χ4v) is 1.49. The second kappa shape index (κ2) is 5.66. The molecule has 0 unspecified atom stereocenters. The first-order valence-electron chi connectivity index (χ1n) is 4.90. The Hall–Kier alpha value is -1.35. The van der Waals surface area contributed by atoms with E-state index in [1.165, 1.54) is 14.0 Å². The molecule has 0 N–H and O–H groups in total. The van der Waals surface area contributed by atoms with Gasteiger partial charge in [0.05, 0.1) is 12.7 Å². The molecule has 0 aliphatic heterocycles. The van der Waals surface area contributed by atoms with Gasteiger partial charge in [-0.05, 0) is 25.1 Å². The van der Waals surface area contributed by atoms with Crippen molar-refractivity contribution < 1.29 is 14.3 Å². The van der Waals surface area contributed by atoms with Gasteiger partial charge < -0.3 is 9.53 Å². The largest absolute Gasteiger partial charge is 0.496 e. The van der Waals surface area contributed by atoms with Gasteiger partial charge in [0.15, 0.2) is 5.78 Å². The van der Waals surface area contributed by atoms with Crippen molar-refractivity contribution in [3.05, 3.63) is 28.8 Å². The summed E-state index contributed by atoms with van der Waals surface area (Å²) in [4.78, 5) is 22.6. The first kappa shape index (κ1) is 12.7. The summed E-state index contributed by atoms with van der Waals surface area (Å²) in [6.07, 6.45) is 0.431. The number of methoxy groups -OCH3 is 1. The minimum absolute atomic E-state index is 0.00524. The molecule has 0 saturated heterocycles. The molecule has 0 amide bonds. The number of Topliss-reactive ketones (excluding diaryl/α,β-unsaturated/α-hetero) is 2. The SMILES string of the molecule is COc1ccc(Cl)cc1C(=O)CCC(C)=O. The minimum atomic E-state index is -0.130. The fourth-order valence-electron chi connectivity index (χ4n) is 1.32. The third-order valence-corrected chi connectivity index (χ3v) is 2.40. The minimum Gasteiger partial charge on any atom is -0.496 e. The van der Waals surface area contributed by atoms with Crippen LogP contribution in [0.1, 0.15) is 30.1 Å². The maximum Gasteiger partial charge on any atom is 0.167 e. The first-order chi connectivity index (χ1) is 7.54. The van der Waals surface area contributed by atoms with Crippen LogP contribution in [0, 0.1) is 0 Å². The first-order valence-corrected chi connectivity index (χ1v) is 5.28. The van der Waals surface area contributed by atoms with E-state index >= 15 is 0 Å². The van der Waals surface area contributed by atoms with Crippen molar-refractivity contribution in [2.45, 2.75) is 19.8 Å².